The first-order chi connectivity index (χ1) is 8.48. The normalized spacial score (nSPS) is 24.9. The molecule has 2 rings (SSSR count). The third-order valence-corrected chi connectivity index (χ3v) is 3.59. The molecule has 0 saturated heterocycles. The van der Waals surface area contributed by atoms with Crippen LogP contribution in [0.3, 0.4) is 0 Å². The monoisotopic (exact) mass is 246 g/mol. The van der Waals surface area contributed by atoms with Gasteiger partial charge in [0.15, 0.2) is 0 Å². The first kappa shape index (κ1) is 13.1. The number of Topliss-reactive ketones (excluding diaryl/α,β-unsaturated/α-hetero) is 1. The third kappa shape index (κ3) is 2.92. The predicted octanol–water partition coefficient (Wildman–Crippen LogP) is 3.85. The van der Waals surface area contributed by atoms with Crippen molar-refractivity contribution < 1.29 is 9.53 Å². The Morgan fingerprint density at radius 3 is 2.44 bits per heavy atom. The van der Waals surface area contributed by atoms with E-state index in [1.54, 1.807) is 0 Å². The maximum Gasteiger partial charge on any atom is 0.140 e. The van der Waals surface area contributed by atoms with Gasteiger partial charge >= 0.3 is 0 Å². The average molecular weight is 246 g/mol. The van der Waals surface area contributed by atoms with E-state index in [2.05, 4.69) is 20.8 Å². The molecule has 2 atom stereocenters. The van der Waals surface area contributed by atoms with Crippen LogP contribution in [0.25, 0.3) is 0 Å². The second-order valence-corrected chi connectivity index (χ2v) is 6.17. The molecule has 0 spiro atoms. The van der Waals surface area contributed by atoms with Crippen LogP contribution >= 0.6 is 0 Å². The molecule has 1 aliphatic carbocycles. The highest BCUT2D eigenvalue weighted by atomic mass is 16.5. The zero-order valence-electron chi connectivity index (χ0n) is 11.5. The Kier molecular flexibility index (Phi) is 3.74. The summed E-state index contributed by atoms with van der Waals surface area (Å²) in [4.78, 5) is 12.2. The molecule has 0 bridgehead atoms. The van der Waals surface area contributed by atoms with Crippen LogP contribution in [0.5, 0.6) is 5.75 Å². The van der Waals surface area contributed by atoms with Crippen LogP contribution in [0, 0.1) is 11.3 Å². The van der Waals surface area contributed by atoms with Gasteiger partial charge in [-0.05, 0) is 30.4 Å². The van der Waals surface area contributed by atoms with E-state index in [0.717, 1.165) is 18.6 Å². The van der Waals surface area contributed by atoms with Gasteiger partial charge in [-0.3, -0.25) is 4.79 Å². The molecule has 1 aromatic rings. The predicted molar refractivity (Wildman–Crippen MR) is 72.7 cm³/mol. The van der Waals surface area contributed by atoms with Gasteiger partial charge in [-0.1, -0.05) is 39.0 Å². The van der Waals surface area contributed by atoms with Crippen molar-refractivity contribution in [3.05, 3.63) is 30.3 Å². The van der Waals surface area contributed by atoms with Gasteiger partial charge in [0, 0.05) is 6.42 Å². The van der Waals surface area contributed by atoms with Crippen molar-refractivity contribution in [3.8, 4) is 5.75 Å². The van der Waals surface area contributed by atoms with E-state index < -0.39 is 0 Å². The smallest absolute Gasteiger partial charge is 0.140 e. The van der Waals surface area contributed by atoms with Crippen LogP contribution in [0.15, 0.2) is 30.3 Å². The average Bonchev–Trinajstić information content (AvgIpc) is 2.28. The van der Waals surface area contributed by atoms with Gasteiger partial charge in [-0.2, -0.15) is 0 Å². The molecular formula is C16H22O2. The standard InChI is InChI=1S/C16H22O2/c1-16(2,3)15-13(17)10-7-11-14(15)18-12-8-5-4-6-9-12/h4-6,8-9,14-15H,7,10-11H2,1-3H3. The summed E-state index contributed by atoms with van der Waals surface area (Å²) in [6.07, 6.45) is 2.65. The Bertz CT molecular complexity index is 403. The SMILES string of the molecule is CC(C)(C)C1C(=O)CCCC1Oc1ccccc1. The molecule has 1 fully saturated rings. The van der Waals surface area contributed by atoms with Crippen LogP contribution < -0.4 is 4.74 Å². The zero-order chi connectivity index (χ0) is 13.2. The van der Waals surface area contributed by atoms with Crippen molar-refractivity contribution in [2.75, 3.05) is 0 Å². The first-order valence-corrected chi connectivity index (χ1v) is 6.73. The molecule has 1 aromatic carbocycles. The van der Waals surface area contributed by atoms with Crippen molar-refractivity contribution in [1.29, 1.82) is 0 Å². The highest BCUT2D eigenvalue weighted by Gasteiger charge is 2.41. The summed E-state index contributed by atoms with van der Waals surface area (Å²) in [6.45, 7) is 6.38. The second-order valence-electron chi connectivity index (χ2n) is 6.17. The molecule has 1 aliphatic rings. The number of carbonyl (C=O) groups is 1. The van der Waals surface area contributed by atoms with E-state index in [-0.39, 0.29) is 17.4 Å². The molecular weight excluding hydrogens is 224 g/mol. The number of hydrogen-bond acceptors (Lipinski definition) is 2. The third-order valence-electron chi connectivity index (χ3n) is 3.59. The molecule has 1 saturated carbocycles. The molecule has 18 heavy (non-hydrogen) atoms. The summed E-state index contributed by atoms with van der Waals surface area (Å²) in [6, 6.07) is 9.82. The summed E-state index contributed by atoms with van der Waals surface area (Å²) in [7, 11) is 0. The lowest BCUT2D eigenvalue weighted by molar-refractivity contribution is -0.133. The molecule has 0 heterocycles. The fraction of sp³-hybridized carbons (Fsp3) is 0.562. The Balaban J connectivity index is 2.16. The Morgan fingerprint density at radius 2 is 1.83 bits per heavy atom. The Hall–Kier alpha value is -1.31. The molecule has 2 heteroatoms. The molecule has 0 aliphatic heterocycles. The molecule has 0 aromatic heterocycles. The van der Waals surface area contributed by atoms with E-state index in [0.29, 0.717) is 12.2 Å². The number of ether oxygens (including phenoxy) is 1. The van der Waals surface area contributed by atoms with E-state index in [1.165, 1.54) is 0 Å². The fourth-order valence-corrected chi connectivity index (χ4v) is 2.85. The number of carbonyl (C=O) groups excluding carboxylic acids is 1. The Labute approximate surface area is 109 Å². The maximum atomic E-state index is 12.2. The van der Waals surface area contributed by atoms with Gasteiger partial charge in [0.2, 0.25) is 0 Å². The van der Waals surface area contributed by atoms with E-state index >= 15 is 0 Å². The second kappa shape index (κ2) is 5.13. The van der Waals surface area contributed by atoms with Crippen LogP contribution in [0.4, 0.5) is 0 Å². The lowest BCUT2D eigenvalue weighted by Crippen LogP contribution is -2.44. The van der Waals surface area contributed by atoms with Crippen molar-refractivity contribution in [2.24, 2.45) is 11.3 Å². The van der Waals surface area contributed by atoms with E-state index in [1.807, 2.05) is 30.3 Å². The zero-order valence-corrected chi connectivity index (χ0v) is 11.5. The van der Waals surface area contributed by atoms with Crippen LogP contribution in [-0.4, -0.2) is 11.9 Å². The summed E-state index contributed by atoms with van der Waals surface area (Å²) < 4.78 is 6.04. The summed E-state index contributed by atoms with van der Waals surface area (Å²) in [5.74, 6) is 1.23. The van der Waals surface area contributed by atoms with Gasteiger partial charge in [-0.15, -0.1) is 0 Å². The van der Waals surface area contributed by atoms with Crippen LogP contribution in [-0.2, 0) is 4.79 Å². The molecule has 0 N–H and O–H groups in total. The number of benzene rings is 1. The minimum absolute atomic E-state index is 0.00598. The number of ketones is 1. The summed E-state index contributed by atoms with van der Waals surface area (Å²) in [5.41, 5.74) is -0.0308. The van der Waals surface area contributed by atoms with Gasteiger partial charge in [-0.25, -0.2) is 0 Å². The van der Waals surface area contributed by atoms with E-state index in [9.17, 15) is 4.79 Å². The largest absolute Gasteiger partial charge is 0.490 e. The van der Waals surface area contributed by atoms with E-state index in [4.69, 9.17) is 4.74 Å². The Morgan fingerprint density at radius 1 is 1.17 bits per heavy atom. The molecule has 98 valence electrons. The van der Waals surface area contributed by atoms with Crippen molar-refractivity contribution >= 4 is 5.78 Å². The van der Waals surface area contributed by atoms with Crippen LogP contribution in [0.1, 0.15) is 40.0 Å². The molecule has 2 unspecified atom stereocenters. The minimum Gasteiger partial charge on any atom is -0.490 e. The van der Waals surface area contributed by atoms with Gasteiger partial charge < -0.3 is 4.74 Å². The highest BCUT2D eigenvalue weighted by Crippen LogP contribution is 2.37. The minimum atomic E-state index is -0.0308. The van der Waals surface area contributed by atoms with Crippen LogP contribution in [0.2, 0.25) is 0 Å². The number of hydrogen-bond donors (Lipinski definition) is 0. The topological polar surface area (TPSA) is 26.3 Å². The molecule has 0 radical (unpaired) electrons. The van der Waals surface area contributed by atoms with Crippen molar-refractivity contribution in [3.63, 3.8) is 0 Å². The number of rotatable bonds is 2. The van der Waals surface area contributed by atoms with Gasteiger partial charge in [0.1, 0.15) is 17.6 Å². The van der Waals surface area contributed by atoms with Crippen molar-refractivity contribution in [2.45, 2.75) is 46.1 Å². The lowest BCUT2D eigenvalue weighted by Gasteiger charge is -2.38. The maximum absolute atomic E-state index is 12.2. The molecule has 0 amide bonds. The summed E-state index contributed by atoms with van der Waals surface area (Å²) in [5, 5.41) is 0. The van der Waals surface area contributed by atoms with Crippen molar-refractivity contribution in [1.82, 2.24) is 0 Å². The summed E-state index contributed by atoms with van der Waals surface area (Å²) >= 11 is 0. The highest BCUT2D eigenvalue weighted by molar-refractivity contribution is 5.83. The van der Waals surface area contributed by atoms with Gasteiger partial charge in [0.25, 0.3) is 0 Å². The number of para-hydroxylation sites is 1. The fourth-order valence-electron chi connectivity index (χ4n) is 2.85. The van der Waals surface area contributed by atoms with Gasteiger partial charge in [0.05, 0.1) is 5.92 Å². The molecule has 2 nitrogen and oxygen atoms in total. The lowest BCUT2D eigenvalue weighted by atomic mass is 9.70. The quantitative estimate of drug-likeness (QED) is 0.792. The first-order valence-electron chi connectivity index (χ1n) is 6.73.